The Morgan fingerprint density at radius 3 is 2.48 bits per heavy atom. The van der Waals surface area contributed by atoms with Gasteiger partial charge in [0, 0.05) is 24.7 Å². The van der Waals surface area contributed by atoms with Crippen molar-refractivity contribution in [1.29, 1.82) is 0 Å². The van der Waals surface area contributed by atoms with Gasteiger partial charge in [0.25, 0.3) is 0 Å². The highest BCUT2D eigenvalue weighted by molar-refractivity contribution is 5.10. The molecule has 2 bridgehead atoms. The molecule has 0 N–H and O–H groups in total. The molecule has 3 saturated heterocycles. The summed E-state index contributed by atoms with van der Waals surface area (Å²) in [5.74, 6) is 0.418. The second-order valence-corrected chi connectivity index (χ2v) is 9.41. The van der Waals surface area contributed by atoms with E-state index in [0.29, 0.717) is 24.2 Å². The summed E-state index contributed by atoms with van der Waals surface area (Å²) < 4.78 is 30.7. The average molecular weight is 350 g/mol. The fraction of sp³-hybridized carbons (Fsp3) is 1.00. The largest absolute Gasteiger partial charge is 0.372 e. The molecule has 25 heavy (non-hydrogen) atoms. The molecule has 3 heterocycles. The van der Waals surface area contributed by atoms with Crippen molar-refractivity contribution in [2.75, 3.05) is 6.79 Å². The molecule has 3 aliphatic carbocycles. The summed E-state index contributed by atoms with van der Waals surface area (Å²) in [6.07, 6.45) is 14.1. The van der Waals surface area contributed by atoms with Crippen LogP contribution < -0.4 is 0 Å². The summed E-state index contributed by atoms with van der Waals surface area (Å²) in [5.41, 5.74) is 0.308. The van der Waals surface area contributed by atoms with E-state index in [1.54, 1.807) is 0 Å². The van der Waals surface area contributed by atoms with Crippen LogP contribution in [0.15, 0.2) is 0 Å². The first-order valence-electron chi connectivity index (χ1n) is 10.5. The second-order valence-electron chi connectivity index (χ2n) is 9.41. The second kappa shape index (κ2) is 5.65. The molecular formula is C20H30O5. The maximum atomic E-state index is 6.62. The van der Waals surface area contributed by atoms with Crippen molar-refractivity contribution < 1.29 is 23.7 Å². The van der Waals surface area contributed by atoms with Gasteiger partial charge in [-0.3, -0.25) is 0 Å². The van der Waals surface area contributed by atoms with Crippen molar-refractivity contribution in [3.8, 4) is 0 Å². The Labute approximate surface area is 149 Å². The molecule has 2 spiro atoms. The van der Waals surface area contributed by atoms with Gasteiger partial charge in [-0.1, -0.05) is 6.42 Å². The first kappa shape index (κ1) is 15.8. The van der Waals surface area contributed by atoms with Crippen LogP contribution in [0, 0.1) is 11.3 Å². The lowest BCUT2D eigenvalue weighted by Crippen LogP contribution is -2.46. The molecule has 5 nitrogen and oxygen atoms in total. The molecule has 0 amide bonds. The van der Waals surface area contributed by atoms with Crippen molar-refractivity contribution >= 4 is 0 Å². The third-order valence-corrected chi connectivity index (χ3v) is 7.87. The summed E-state index contributed by atoms with van der Waals surface area (Å²) >= 11 is 0. The minimum Gasteiger partial charge on any atom is -0.372 e. The fourth-order valence-electron chi connectivity index (χ4n) is 6.75. The first-order valence-corrected chi connectivity index (χ1v) is 10.5. The molecule has 6 aliphatic rings. The molecule has 0 radical (unpaired) electrons. The van der Waals surface area contributed by atoms with Gasteiger partial charge in [-0.15, -0.1) is 0 Å². The van der Waals surface area contributed by atoms with Crippen molar-refractivity contribution in [3.05, 3.63) is 0 Å². The van der Waals surface area contributed by atoms with E-state index in [0.717, 1.165) is 25.7 Å². The summed E-state index contributed by atoms with van der Waals surface area (Å²) in [6, 6.07) is 0. The van der Waals surface area contributed by atoms with Crippen molar-refractivity contribution in [3.63, 3.8) is 0 Å². The molecule has 3 aliphatic heterocycles. The summed E-state index contributed by atoms with van der Waals surface area (Å²) in [6.45, 7) is 0.480. The van der Waals surface area contributed by atoms with Crippen molar-refractivity contribution in [1.82, 2.24) is 0 Å². The SMILES string of the molecule is C1CCC2(CC1)O[C@H]1[C@H]3CC4(CC(CC5OCO5)CCC4O3)C[C@H]1O2. The van der Waals surface area contributed by atoms with E-state index in [1.807, 2.05) is 0 Å². The fourth-order valence-corrected chi connectivity index (χ4v) is 6.75. The third-order valence-electron chi connectivity index (χ3n) is 7.87. The predicted molar refractivity (Wildman–Crippen MR) is 88.7 cm³/mol. The highest BCUT2D eigenvalue weighted by atomic mass is 16.8. The zero-order chi connectivity index (χ0) is 16.5. The maximum absolute atomic E-state index is 6.62. The first-order chi connectivity index (χ1) is 12.2. The molecule has 0 aromatic rings. The van der Waals surface area contributed by atoms with E-state index in [1.165, 1.54) is 44.9 Å². The van der Waals surface area contributed by atoms with Crippen LogP contribution in [0.2, 0.25) is 0 Å². The van der Waals surface area contributed by atoms with Crippen LogP contribution >= 0.6 is 0 Å². The van der Waals surface area contributed by atoms with E-state index in [2.05, 4.69) is 0 Å². The van der Waals surface area contributed by atoms with Crippen LogP contribution in [-0.4, -0.2) is 43.3 Å². The number of fused-ring (bicyclic) bond motifs is 3. The Hall–Kier alpha value is -0.200. The highest BCUT2D eigenvalue weighted by Crippen LogP contribution is 2.60. The van der Waals surface area contributed by atoms with Gasteiger partial charge in [0.15, 0.2) is 18.9 Å². The molecule has 6 rings (SSSR count). The van der Waals surface area contributed by atoms with Gasteiger partial charge in [0.2, 0.25) is 0 Å². The zero-order valence-corrected chi connectivity index (χ0v) is 15.0. The van der Waals surface area contributed by atoms with Crippen LogP contribution in [0.3, 0.4) is 0 Å². The third kappa shape index (κ3) is 2.46. The number of hydrogen-bond donors (Lipinski definition) is 0. The minimum atomic E-state index is -0.283. The normalized spacial score (nSPS) is 51.1. The standard InChI is InChI=1S/C20H30O5/c1-2-6-20(7-3-1)24-15-11-19-9-13(8-17-21-12-22-17)4-5-16(19)23-14(10-19)18(15)25-20/h13-18H,1-12H2/t13?,14-,15-,16?,18+,19?/m1/s1. The molecule has 3 unspecified atom stereocenters. The van der Waals surface area contributed by atoms with Gasteiger partial charge in [-0.2, -0.15) is 0 Å². The van der Waals surface area contributed by atoms with Crippen LogP contribution in [0.4, 0.5) is 0 Å². The molecule has 6 atom stereocenters. The van der Waals surface area contributed by atoms with Gasteiger partial charge in [0.05, 0.1) is 18.3 Å². The molecule has 5 heteroatoms. The molecule has 0 aromatic heterocycles. The summed E-state index contributed by atoms with van der Waals surface area (Å²) in [4.78, 5) is 0. The van der Waals surface area contributed by atoms with Crippen LogP contribution in [0.5, 0.6) is 0 Å². The minimum absolute atomic E-state index is 0.0454. The number of ether oxygens (including phenoxy) is 5. The van der Waals surface area contributed by atoms with Gasteiger partial charge >= 0.3 is 0 Å². The van der Waals surface area contributed by atoms with Gasteiger partial charge in [0.1, 0.15) is 6.10 Å². The highest BCUT2D eigenvalue weighted by Gasteiger charge is 2.64. The van der Waals surface area contributed by atoms with E-state index in [4.69, 9.17) is 23.7 Å². The lowest BCUT2D eigenvalue weighted by Gasteiger charge is -2.45. The van der Waals surface area contributed by atoms with Crippen molar-refractivity contribution in [2.45, 2.75) is 107 Å². The molecule has 0 aromatic carbocycles. The Kier molecular flexibility index (Phi) is 3.57. The topological polar surface area (TPSA) is 46.2 Å². The maximum Gasteiger partial charge on any atom is 0.169 e. The number of hydrogen-bond acceptors (Lipinski definition) is 5. The average Bonchev–Trinajstić information content (AvgIpc) is 3.07. The van der Waals surface area contributed by atoms with E-state index >= 15 is 0 Å². The Balaban J connectivity index is 1.19. The van der Waals surface area contributed by atoms with Gasteiger partial charge < -0.3 is 23.7 Å². The zero-order valence-electron chi connectivity index (χ0n) is 15.0. The van der Waals surface area contributed by atoms with E-state index in [-0.39, 0.29) is 30.4 Å². The smallest absolute Gasteiger partial charge is 0.169 e. The predicted octanol–water partition coefficient (Wildman–Crippen LogP) is 3.50. The summed E-state index contributed by atoms with van der Waals surface area (Å²) in [5, 5.41) is 0. The lowest BCUT2D eigenvalue weighted by atomic mass is 9.61. The van der Waals surface area contributed by atoms with Crippen LogP contribution in [0.25, 0.3) is 0 Å². The van der Waals surface area contributed by atoms with E-state index in [9.17, 15) is 0 Å². The molecular weight excluding hydrogens is 320 g/mol. The van der Waals surface area contributed by atoms with Crippen molar-refractivity contribution in [2.24, 2.45) is 11.3 Å². The van der Waals surface area contributed by atoms with Gasteiger partial charge in [-0.05, 0) is 50.9 Å². The molecule has 6 fully saturated rings. The lowest BCUT2D eigenvalue weighted by molar-refractivity contribution is -0.326. The van der Waals surface area contributed by atoms with Gasteiger partial charge in [-0.25, -0.2) is 0 Å². The quantitative estimate of drug-likeness (QED) is 0.763. The Morgan fingerprint density at radius 2 is 1.68 bits per heavy atom. The van der Waals surface area contributed by atoms with Crippen LogP contribution in [0.1, 0.15) is 70.6 Å². The number of rotatable bonds is 2. The monoisotopic (exact) mass is 350 g/mol. The molecule has 140 valence electrons. The Bertz CT molecular complexity index is 528. The van der Waals surface area contributed by atoms with Crippen LogP contribution in [-0.2, 0) is 23.7 Å². The summed E-state index contributed by atoms with van der Waals surface area (Å²) in [7, 11) is 0. The molecule has 3 saturated carbocycles. The Morgan fingerprint density at radius 1 is 0.840 bits per heavy atom. The van der Waals surface area contributed by atoms with E-state index < -0.39 is 0 Å².